The van der Waals surface area contributed by atoms with Crippen molar-refractivity contribution in [2.24, 2.45) is 0 Å². The third kappa shape index (κ3) is 1.26. The van der Waals surface area contributed by atoms with Crippen LogP contribution in [0.25, 0.3) is 0 Å². The number of hydrogen-bond donors (Lipinski definition) is 1. The molecule has 0 spiro atoms. The number of hydrogen-bond acceptors (Lipinski definition) is 5. The molecule has 6 heteroatoms. The molecule has 14 heavy (non-hydrogen) atoms. The van der Waals surface area contributed by atoms with Crippen molar-refractivity contribution in [1.82, 2.24) is 9.97 Å². The molecule has 1 aliphatic carbocycles. The molecule has 0 radical (unpaired) electrons. The predicted molar refractivity (Wildman–Crippen MR) is 49.5 cm³/mol. The molecule has 2 rings (SSSR count). The van der Waals surface area contributed by atoms with Crippen molar-refractivity contribution in [1.29, 1.82) is 0 Å². The molecule has 5 nitrogen and oxygen atoms in total. The van der Waals surface area contributed by atoms with Gasteiger partial charge in [-0.15, -0.1) is 0 Å². The highest BCUT2D eigenvalue weighted by atomic mass is 32.2. The summed E-state index contributed by atoms with van der Waals surface area (Å²) in [6, 6.07) is 0. The Morgan fingerprint density at radius 2 is 1.86 bits per heavy atom. The van der Waals surface area contributed by atoms with Gasteiger partial charge < -0.3 is 5.11 Å². The standard InChI is InChI=1S/C8H10N2O3S/c1-14(12,13)8(2-3-8)7-9-4-6(11)5-10-7/h4-5,11H,2-3H2,1H3. The molecule has 1 aliphatic rings. The zero-order valence-electron chi connectivity index (χ0n) is 7.64. The molecule has 0 atom stereocenters. The quantitative estimate of drug-likeness (QED) is 0.761. The van der Waals surface area contributed by atoms with Crippen molar-refractivity contribution < 1.29 is 13.5 Å². The third-order valence-corrected chi connectivity index (χ3v) is 4.47. The average Bonchev–Trinajstić information content (AvgIpc) is 2.84. The van der Waals surface area contributed by atoms with E-state index in [9.17, 15) is 8.42 Å². The molecule has 0 amide bonds. The van der Waals surface area contributed by atoms with Gasteiger partial charge in [0.1, 0.15) is 10.6 Å². The smallest absolute Gasteiger partial charge is 0.160 e. The second kappa shape index (κ2) is 2.66. The minimum Gasteiger partial charge on any atom is -0.505 e. The van der Waals surface area contributed by atoms with Crippen LogP contribution >= 0.6 is 0 Å². The van der Waals surface area contributed by atoms with Gasteiger partial charge in [-0.1, -0.05) is 0 Å². The molecule has 1 fully saturated rings. The van der Waals surface area contributed by atoms with Crippen molar-refractivity contribution in [3.05, 3.63) is 18.2 Å². The van der Waals surface area contributed by atoms with Gasteiger partial charge in [-0.2, -0.15) is 0 Å². The maximum Gasteiger partial charge on any atom is 0.160 e. The Bertz CT molecular complexity index is 448. The molecule has 1 saturated carbocycles. The third-order valence-electron chi connectivity index (χ3n) is 2.46. The Morgan fingerprint density at radius 1 is 1.36 bits per heavy atom. The second-order valence-corrected chi connectivity index (χ2v) is 5.86. The lowest BCUT2D eigenvalue weighted by Gasteiger charge is -2.10. The van der Waals surface area contributed by atoms with Crippen molar-refractivity contribution in [2.75, 3.05) is 6.26 Å². The van der Waals surface area contributed by atoms with E-state index in [0.717, 1.165) is 0 Å². The second-order valence-electron chi connectivity index (χ2n) is 3.53. The summed E-state index contributed by atoms with van der Waals surface area (Å²) in [5.41, 5.74) is 0. The fraction of sp³-hybridized carbons (Fsp3) is 0.500. The van der Waals surface area contributed by atoms with E-state index in [-0.39, 0.29) is 11.6 Å². The van der Waals surface area contributed by atoms with E-state index >= 15 is 0 Å². The SMILES string of the molecule is CS(=O)(=O)C1(c2ncc(O)cn2)CC1. The lowest BCUT2D eigenvalue weighted by molar-refractivity contribution is 0.467. The lowest BCUT2D eigenvalue weighted by atomic mass is 10.4. The number of nitrogens with zero attached hydrogens (tertiary/aromatic N) is 2. The molecular weight excluding hydrogens is 204 g/mol. The molecule has 1 aromatic heterocycles. The predicted octanol–water partition coefficient (Wildman–Crippen LogP) is 0.216. The first-order chi connectivity index (χ1) is 6.46. The fourth-order valence-electron chi connectivity index (χ4n) is 1.43. The summed E-state index contributed by atoms with van der Waals surface area (Å²) in [6.45, 7) is 0. The van der Waals surface area contributed by atoms with Crippen molar-refractivity contribution in [2.45, 2.75) is 17.6 Å². The zero-order valence-corrected chi connectivity index (χ0v) is 8.45. The minimum atomic E-state index is -3.16. The minimum absolute atomic E-state index is 0.0574. The van der Waals surface area contributed by atoms with Crippen molar-refractivity contribution in [3.63, 3.8) is 0 Å². The molecule has 0 aliphatic heterocycles. The molecule has 0 bridgehead atoms. The first-order valence-electron chi connectivity index (χ1n) is 4.17. The van der Waals surface area contributed by atoms with Gasteiger partial charge in [0, 0.05) is 6.26 Å². The van der Waals surface area contributed by atoms with Gasteiger partial charge in [0.15, 0.2) is 15.6 Å². The maximum atomic E-state index is 11.5. The van der Waals surface area contributed by atoms with Crippen LogP contribution in [0.4, 0.5) is 0 Å². The van der Waals surface area contributed by atoms with Crippen LogP contribution in [0.5, 0.6) is 5.75 Å². The van der Waals surface area contributed by atoms with E-state index in [1.54, 1.807) is 0 Å². The Hall–Kier alpha value is -1.17. The van der Waals surface area contributed by atoms with E-state index in [2.05, 4.69) is 9.97 Å². The fourth-order valence-corrected chi connectivity index (χ4v) is 2.71. The Morgan fingerprint density at radius 3 is 2.21 bits per heavy atom. The molecule has 0 saturated heterocycles. The van der Waals surface area contributed by atoms with Gasteiger partial charge in [0.05, 0.1) is 12.4 Å². The van der Waals surface area contributed by atoms with Crippen LogP contribution < -0.4 is 0 Å². The van der Waals surface area contributed by atoms with E-state index in [4.69, 9.17) is 5.11 Å². The number of aromatic hydroxyl groups is 1. The Labute approximate surface area is 81.7 Å². The number of aromatic nitrogens is 2. The molecular formula is C8H10N2O3S. The van der Waals surface area contributed by atoms with Gasteiger partial charge >= 0.3 is 0 Å². The van der Waals surface area contributed by atoms with Crippen molar-refractivity contribution >= 4 is 9.84 Å². The summed E-state index contributed by atoms with van der Waals surface area (Å²) in [6.07, 6.45) is 4.75. The largest absolute Gasteiger partial charge is 0.505 e. The first kappa shape index (κ1) is 9.39. The van der Waals surface area contributed by atoms with Gasteiger partial charge in [0.2, 0.25) is 0 Å². The van der Waals surface area contributed by atoms with Gasteiger partial charge in [-0.05, 0) is 12.8 Å². The maximum absolute atomic E-state index is 11.5. The Kier molecular flexibility index (Phi) is 1.79. The average molecular weight is 214 g/mol. The van der Waals surface area contributed by atoms with Crippen LogP contribution in [0.2, 0.25) is 0 Å². The number of rotatable bonds is 2. The van der Waals surface area contributed by atoms with Crippen LogP contribution in [0.3, 0.4) is 0 Å². The van der Waals surface area contributed by atoms with Gasteiger partial charge in [-0.3, -0.25) is 0 Å². The molecule has 1 heterocycles. The number of sulfone groups is 1. The Balaban J connectivity index is 2.46. The highest BCUT2D eigenvalue weighted by molar-refractivity contribution is 7.91. The summed E-state index contributed by atoms with van der Waals surface area (Å²) >= 11 is 0. The van der Waals surface area contributed by atoms with Crippen LogP contribution in [0, 0.1) is 0 Å². The molecule has 0 unspecified atom stereocenters. The molecule has 76 valence electrons. The molecule has 1 N–H and O–H groups in total. The van der Waals surface area contributed by atoms with E-state index in [1.807, 2.05) is 0 Å². The van der Waals surface area contributed by atoms with E-state index < -0.39 is 14.6 Å². The van der Waals surface area contributed by atoms with E-state index in [1.165, 1.54) is 18.6 Å². The summed E-state index contributed by atoms with van der Waals surface area (Å²) in [7, 11) is -3.16. The zero-order chi connectivity index (χ0) is 10.4. The summed E-state index contributed by atoms with van der Waals surface area (Å²) in [5, 5.41) is 8.97. The highest BCUT2D eigenvalue weighted by Crippen LogP contribution is 2.50. The van der Waals surface area contributed by atoms with Crippen LogP contribution in [-0.2, 0) is 14.6 Å². The summed E-state index contributed by atoms with van der Waals surface area (Å²) in [5.74, 6) is 0.232. The van der Waals surface area contributed by atoms with E-state index in [0.29, 0.717) is 12.8 Å². The first-order valence-corrected chi connectivity index (χ1v) is 6.06. The van der Waals surface area contributed by atoms with Crippen molar-refractivity contribution in [3.8, 4) is 5.75 Å². The topological polar surface area (TPSA) is 80.2 Å². The van der Waals surface area contributed by atoms with Gasteiger partial charge in [-0.25, -0.2) is 18.4 Å². The van der Waals surface area contributed by atoms with Crippen LogP contribution in [0.15, 0.2) is 12.4 Å². The lowest BCUT2D eigenvalue weighted by Crippen LogP contribution is -2.21. The van der Waals surface area contributed by atoms with Crippen LogP contribution in [0.1, 0.15) is 18.7 Å². The molecule has 0 aromatic carbocycles. The normalized spacial score (nSPS) is 19.2. The summed E-state index contributed by atoms with van der Waals surface area (Å²) in [4.78, 5) is 7.68. The highest BCUT2D eigenvalue weighted by Gasteiger charge is 2.56. The summed E-state index contributed by atoms with van der Waals surface area (Å²) < 4.78 is 22.0. The molecule has 1 aromatic rings. The van der Waals surface area contributed by atoms with Crippen LogP contribution in [-0.4, -0.2) is 29.7 Å². The monoisotopic (exact) mass is 214 g/mol. The van der Waals surface area contributed by atoms with Gasteiger partial charge in [0.25, 0.3) is 0 Å².